The lowest BCUT2D eigenvalue weighted by Crippen LogP contribution is -2.42. The summed E-state index contributed by atoms with van der Waals surface area (Å²) in [6.07, 6.45) is 0.334. The van der Waals surface area contributed by atoms with E-state index < -0.39 is 0 Å². The molecule has 0 aromatic heterocycles. The van der Waals surface area contributed by atoms with E-state index in [0.717, 1.165) is 43.6 Å². The van der Waals surface area contributed by atoms with Gasteiger partial charge in [0, 0.05) is 44.7 Å². The zero-order chi connectivity index (χ0) is 19.5. The summed E-state index contributed by atoms with van der Waals surface area (Å²) >= 11 is 0. The zero-order valence-electron chi connectivity index (χ0n) is 15.8. The summed E-state index contributed by atoms with van der Waals surface area (Å²) in [4.78, 5) is 29.3. The van der Waals surface area contributed by atoms with E-state index in [1.54, 1.807) is 30.3 Å². The smallest absolute Gasteiger partial charge is 0.252 e. The standard InChI is InChI=1S/C21H25N3O4/c25-17-4-5-18-15(12-17)2-1-3-19(18)21(27)22-16-13-20(26)24(14-16)7-6-23-8-10-28-11-9-23/h1-5,12,16,25H,6-11,13-14H2,(H,22,27). The minimum Gasteiger partial charge on any atom is -0.508 e. The Morgan fingerprint density at radius 3 is 2.82 bits per heavy atom. The first-order chi connectivity index (χ1) is 13.6. The maximum Gasteiger partial charge on any atom is 0.252 e. The van der Waals surface area contributed by atoms with E-state index in [0.29, 0.717) is 25.1 Å². The fourth-order valence-corrected chi connectivity index (χ4v) is 3.90. The van der Waals surface area contributed by atoms with Crippen LogP contribution in [0.25, 0.3) is 10.8 Å². The molecule has 2 fully saturated rings. The molecule has 2 aromatic carbocycles. The molecule has 2 amide bonds. The molecule has 2 aromatic rings. The van der Waals surface area contributed by atoms with Crippen LogP contribution >= 0.6 is 0 Å². The third kappa shape index (κ3) is 4.10. The van der Waals surface area contributed by atoms with Crippen LogP contribution in [-0.2, 0) is 9.53 Å². The van der Waals surface area contributed by atoms with Gasteiger partial charge in [0.1, 0.15) is 5.75 Å². The highest BCUT2D eigenvalue weighted by molar-refractivity contribution is 6.07. The summed E-state index contributed by atoms with van der Waals surface area (Å²) in [6, 6.07) is 10.2. The first-order valence-corrected chi connectivity index (χ1v) is 9.70. The molecule has 2 aliphatic heterocycles. The molecular weight excluding hydrogens is 358 g/mol. The Kier molecular flexibility index (Phi) is 5.45. The highest BCUT2D eigenvalue weighted by Crippen LogP contribution is 2.23. The molecule has 4 rings (SSSR count). The van der Waals surface area contributed by atoms with Crippen LogP contribution in [0.1, 0.15) is 16.8 Å². The predicted octanol–water partition coefficient (Wildman–Crippen LogP) is 1.21. The molecular formula is C21H25N3O4. The minimum absolute atomic E-state index is 0.0846. The van der Waals surface area contributed by atoms with Crippen molar-refractivity contribution in [1.29, 1.82) is 0 Å². The van der Waals surface area contributed by atoms with Crippen LogP contribution in [0.3, 0.4) is 0 Å². The SMILES string of the molecule is O=C(NC1CC(=O)N(CCN2CCOCC2)C1)c1cccc2cc(O)ccc12. The minimum atomic E-state index is -0.191. The monoisotopic (exact) mass is 383 g/mol. The van der Waals surface area contributed by atoms with Crippen LogP contribution in [0, 0.1) is 0 Å². The number of phenols is 1. The lowest BCUT2D eigenvalue weighted by atomic mass is 10.0. The number of hydrogen-bond donors (Lipinski definition) is 2. The summed E-state index contributed by atoms with van der Waals surface area (Å²) in [5.74, 6) is 0.0629. The van der Waals surface area contributed by atoms with Crippen molar-refractivity contribution in [2.45, 2.75) is 12.5 Å². The molecule has 2 heterocycles. The highest BCUT2D eigenvalue weighted by atomic mass is 16.5. The van der Waals surface area contributed by atoms with E-state index in [-0.39, 0.29) is 23.6 Å². The summed E-state index contributed by atoms with van der Waals surface area (Å²) < 4.78 is 5.35. The molecule has 148 valence electrons. The van der Waals surface area contributed by atoms with Gasteiger partial charge in [-0.05, 0) is 35.0 Å². The van der Waals surface area contributed by atoms with Gasteiger partial charge < -0.3 is 20.1 Å². The van der Waals surface area contributed by atoms with Gasteiger partial charge >= 0.3 is 0 Å². The topological polar surface area (TPSA) is 82.1 Å². The third-order valence-corrected chi connectivity index (χ3v) is 5.45. The number of hydrogen-bond acceptors (Lipinski definition) is 5. The van der Waals surface area contributed by atoms with E-state index in [1.807, 2.05) is 11.0 Å². The summed E-state index contributed by atoms with van der Waals surface area (Å²) in [5.41, 5.74) is 0.553. The van der Waals surface area contributed by atoms with Crippen LogP contribution in [0.4, 0.5) is 0 Å². The Balaban J connectivity index is 1.37. The Labute approximate surface area is 163 Å². The number of nitrogens with one attached hydrogen (secondary N) is 1. The lowest BCUT2D eigenvalue weighted by molar-refractivity contribution is -0.128. The second-order valence-corrected chi connectivity index (χ2v) is 7.38. The molecule has 28 heavy (non-hydrogen) atoms. The van der Waals surface area contributed by atoms with E-state index >= 15 is 0 Å². The Morgan fingerprint density at radius 2 is 2.00 bits per heavy atom. The van der Waals surface area contributed by atoms with Gasteiger partial charge in [-0.25, -0.2) is 0 Å². The van der Waals surface area contributed by atoms with Gasteiger partial charge in [0.2, 0.25) is 5.91 Å². The molecule has 0 spiro atoms. The van der Waals surface area contributed by atoms with Crippen molar-refractivity contribution in [2.24, 2.45) is 0 Å². The maximum atomic E-state index is 12.8. The molecule has 0 bridgehead atoms. The van der Waals surface area contributed by atoms with Gasteiger partial charge in [0.25, 0.3) is 5.91 Å². The number of morpholine rings is 1. The molecule has 0 aliphatic carbocycles. The number of carbonyl (C=O) groups is 2. The van der Waals surface area contributed by atoms with Crippen molar-refractivity contribution < 1.29 is 19.4 Å². The molecule has 1 unspecified atom stereocenters. The van der Waals surface area contributed by atoms with Crippen molar-refractivity contribution in [2.75, 3.05) is 45.9 Å². The maximum absolute atomic E-state index is 12.8. The molecule has 2 aliphatic rings. The largest absolute Gasteiger partial charge is 0.508 e. The molecule has 2 N–H and O–H groups in total. The fourth-order valence-electron chi connectivity index (χ4n) is 3.90. The number of benzene rings is 2. The van der Waals surface area contributed by atoms with Crippen LogP contribution in [-0.4, -0.2) is 78.7 Å². The number of rotatable bonds is 5. The van der Waals surface area contributed by atoms with Gasteiger partial charge in [-0.3, -0.25) is 14.5 Å². The van der Waals surface area contributed by atoms with Gasteiger partial charge in [-0.1, -0.05) is 12.1 Å². The van der Waals surface area contributed by atoms with Gasteiger partial charge in [-0.2, -0.15) is 0 Å². The van der Waals surface area contributed by atoms with Crippen LogP contribution in [0.2, 0.25) is 0 Å². The van der Waals surface area contributed by atoms with Crippen molar-refractivity contribution in [3.63, 3.8) is 0 Å². The summed E-state index contributed by atoms with van der Waals surface area (Å²) in [6.45, 7) is 5.35. The van der Waals surface area contributed by atoms with Crippen LogP contribution in [0.15, 0.2) is 36.4 Å². The van der Waals surface area contributed by atoms with Crippen molar-refractivity contribution >= 4 is 22.6 Å². The highest BCUT2D eigenvalue weighted by Gasteiger charge is 2.31. The number of fused-ring (bicyclic) bond motifs is 1. The number of aromatic hydroxyl groups is 1. The molecule has 0 radical (unpaired) electrons. The number of nitrogens with zero attached hydrogens (tertiary/aromatic N) is 2. The molecule has 2 saturated heterocycles. The molecule has 0 saturated carbocycles. The van der Waals surface area contributed by atoms with Crippen molar-refractivity contribution in [3.05, 3.63) is 42.0 Å². The number of ether oxygens (including phenoxy) is 1. The Morgan fingerprint density at radius 1 is 1.18 bits per heavy atom. The summed E-state index contributed by atoms with van der Waals surface area (Å²) in [5, 5.41) is 14.2. The van der Waals surface area contributed by atoms with Gasteiger partial charge in [-0.15, -0.1) is 0 Å². The number of amides is 2. The van der Waals surface area contributed by atoms with Gasteiger partial charge in [0.05, 0.1) is 19.3 Å². The lowest BCUT2D eigenvalue weighted by Gasteiger charge is -2.28. The van der Waals surface area contributed by atoms with Gasteiger partial charge in [0.15, 0.2) is 0 Å². The van der Waals surface area contributed by atoms with E-state index in [4.69, 9.17) is 4.74 Å². The third-order valence-electron chi connectivity index (χ3n) is 5.45. The Bertz CT molecular complexity index is 879. The Hall–Kier alpha value is -2.64. The van der Waals surface area contributed by atoms with Crippen molar-refractivity contribution in [1.82, 2.24) is 15.1 Å². The molecule has 1 atom stereocenters. The van der Waals surface area contributed by atoms with E-state index in [9.17, 15) is 14.7 Å². The second kappa shape index (κ2) is 8.16. The number of carbonyl (C=O) groups excluding carboxylic acids is 2. The number of phenolic OH excluding ortho intramolecular Hbond substituents is 1. The predicted molar refractivity (Wildman–Crippen MR) is 105 cm³/mol. The normalized spacial score (nSPS) is 20.6. The van der Waals surface area contributed by atoms with Crippen LogP contribution in [0.5, 0.6) is 5.75 Å². The average Bonchev–Trinajstić information content (AvgIpc) is 3.05. The summed E-state index contributed by atoms with van der Waals surface area (Å²) in [7, 11) is 0. The number of likely N-dealkylation sites (tertiary alicyclic amines) is 1. The quantitative estimate of drug-likeness (QED) is 0.811. The molecule has 7 heteroatoms. The van der Waals surface area contributed by atoms with Crippen LogP contribution < -0.4 is 5.32 Å². The van der Waals surface area contributed by atoms with E-state index in [2.05, 4.69) is 10.2 Å². The average molecular weight is 383 g/mol. The zero-order valence-corrected chi connectivity index (χ0v) is 15.8. The first kappa shape index (κ1) is 18.7. The molecule has 7 nitrogen and oxygen atoms in total. The van der Waals surface area contributed by atoms with E-state index in [1.165, 1.54) is 0 Å². The fraction of sp³-hybridized carbons (Fsp3) is 0.429. The second-order valence-electron chi connectivity index (χ2n) is 7.38. The first-order valence-electron chi connectivity index (χ1n) is 9.70. The van der Waals surface area contributed by atoms with Crippen molar-refractivity contribution in [3.8, 4) is 5.75 Å².